The predicted octanol–water partition coefficient (Wildman–Crippen LogP) is 3.85. The van der Waals surface area contributed by atoms with Crippen molar-refractivity contribution in [3.63, 3.8) is 0 Å². The molecule has 24 heavy (non-hydrogen) atoms. The number of amides is 2. The molecule has 0 saturated carbocycles. The largest absolute Gasteiger partial charge is 0.326 e. The number of rotatable bonds is 5. The van der Waals surface area contributed by atoms with Crippen LogP contribution < -0.4 is 10.6 Å². The highest BCUT2D eigenvalue weighted by atomic mass is 35.5. The van der Waals surface area contributed by atoms with Crippen molar-refractivity contribution in [1.82, 2.24) is 0 Å². The van der Waals surface area contributed by atoms with Crippen LogP contribution in [0.2, 0.25) is 5.02 Å². The number of carbonyl (C=O) groups excluding carboxylic acids is 2. The summed E-state index contributed by atoms with van der Waals surface area (Å²) in [6, 6.07) is 10.2. The Morgan fingerprint density at radius 2 is 1.79 bits per heavy atom. The van der Waals surface area contributed by atoms with Gasteiger partial charge in [0.15, 0.2) is 0 Å². The zero-order valence-corrected chi connectivity index (χ0v) is 13.5. The highest BCUT2D eigenvalue weighted by Crippen LogP contribution is 2.24. The number of nitro benzene ring substituents is 1. The Kier molecular flexibility index (Phi) is 5.49. The first-order valence-electron chi connectivity index (χ1n) is 7.06. The van der Waals surface area contributed by atoms with Crippen molar-refractivity contribution in [1.29, 1.82) is 0 Å². The fourth-order valence-electron chi connectivity index (χ4n) is 1.92. The molecule has 7 nitrogen and oxygen atoms in total. The van der Waals surface area contributed by atoms with E-state index in [0.717, 1.165) is 6.07 Å². The number of benzene rings is 2. The van der Waals surface area contributed by atoms with E-state index in [4.69, 9.17) is 11.6 Å². The van der Waals surface area contributed by atoms with Crippen molar-refractivity contribution in [2.75, 3.05) is 10.6 Å². The molecule has 0 unspecified atom stereocenters. The van der Waals surface area contributed by atoms with E-state index in [1.807, 2.05) is 0 Å². The third-order valence-corrected chi connectivity index (χ3v) is 3.45. The van der Waals surface area contributed by atoms with E-state index in [1.165, 1.54) is 12.1 Å². The van der Waals surface area contributed by atoms with Gasteiger partial charge in [-0.05, 0) is 24.3 Å². The molecule has 2 aromatic rings. The standard InChI is InChI=1S/C16H14ClN3O4/c1-2-15(21)18-10-4-3-5-11(8-10)19-16(22)13-7-6-12(20(23)24)9-14(13)17/h3-9H,2H2,1H3,(H,18,21)(H,19,22). The van der Waals surface area contributed by atoms with Gasteiger partial charge in [-0.3, -0.25) is 19.7 Å². The van der Waals surface area contributed by atoms with E-state index in [2.05, 4.69) is 10.6 Å². The lowest BCUT2D eigenvalue weighted by Crippen LogP contribution is -2.13. The van der Waals surface area contributed by atoms with Crippen LogP contribution in [0.15, 0.2) is 42.5 Å². The lowest BCUT2D eigenvalue weighted by molar-refractivity contribution is -0.384. The molecule has 0 aliphatic heterocycles. The molecule has 2 rings (SSSR count). The maximum Gasteiger partial charge on any atom is 0.270 e. The molecule has 0 atom stereocenters. The Labute approximate surface area is 142 Å². The first-order chi connectivity index (χ1) is 11.4. The maximum absolute atomic E-state index is 12.3. The minimum atomic E-state index is -0.590. The summed E-state index contributed by atoms with van der Waals surface area (Å²) >= 11 is 5.93. The molecule has 0 aliphatic rings. The summed E-state index contributed by atoms with van der Waals surface area (Å²) < 4.78 is 0. The van der Waals surface area contributed by atoms with Crippen LogP contribution in [0.3, 0.4) is 0 Å². The Bertz CT molecular complexity index is 808. The number of nitro groups is 1. The normalized spacial score (nSPS) is 10.1. The van der Waals surface area contributed by atoms with Crippen LogP contribution in [0.1, 0.15) is 23.7 Å². The lowest BCUT2D eigenvalue weighted by Gasteiger charge is -2.09. The van der Waals surface area contributed by atoms with E-state index in [1.54, 1.807) is 31.2 Å². The second-order valence-corrected chi connectivity index (χ2v) is 5.27. The Morgan fingerprint density at radius 1 is 1.12 bits per heavy atom. The number of halogens is 1. The number of nitrogens with one attached hydrogen (secondary N) is 2. The van der Waals surface area contributed by atoms with Gasteiger partial charge in [-0.15, -0.1) is 0 Å². The topological polar surface area (TPSA) is 101 Å². The number of non-ortho nitro benzene ring substituents is 1. The summed E-state index contributed by atoms with van der Waals surface area (Å²) in [6.07, 6.45) is 0.342. The van der Waals surface area contributed by atoms with E-state index in [-0.39, 0.29) is 22.2 Å². The minimum Gasteiger partial charge on any atom is -0.326 e. The van der Waals surface area contributed by atoms with Crippen LogP contribution in [0.4, 0.5) is 17.1 Å². The van der Waals surface area contributed by atoms with Gasteiger partial charge in [0, 0.05) is 29.9 Å². The monoisotopic (exact) mass is 347 g/mol. The number of nitrogens with zero attached hydrogens (tertiary/aromatic N) is 1. The van der Waals surface area contributed by atoms with Gasteiger partial charge >= 0.3 is 0 Å². The number of hydrogen-bond acceptors (Lipinski definition) is 4. The van der Waals surface area contributed by atoms with E-state index >= 15 is 0 Å². The van der Waals surface area contributed by atoms with Gasteiger partial charge in [-0.2, -0.15) is 0 Å². The van der Waals surface area contributed by atoms with Gasteiger partial charge in [0.2, 0.25) is 5.91 Å². The van der Waals surface area contributed by atoms with Crippen molar-refractivity contribution >= 4 is 40.5 Å². The van der Waals surface area contributed by atoms with E-state index in [0.29, 0.717) is 17.8 Å². The predicted molar refractivity (Wildman–Crippen MR) is 91.4 cm³/mol. The highest BCUT2D eigenvalue weighted by molar-refractivity contribution is 6.34. The zero-order chi connectivity index (χ0) is 17.7. The van der Waals surface area contributed by atoms with Gasteiger partial charge in [0.1, 0.15) is 0 Å². The molecule has 2 N–H and O–H groups in total. The van der Waals surface area contributed by atoms with Gasteiger partial charge in [-0.1, -0.05) is 24.6 Å². The molecule has 2 amide bonds. The first-order valence-corrected chi connectivity index (χ1v) is 7.43. The van der Waals surface area contributed by atoms with Crippen molar-refractivity contribution in [2.24, 2.45) is 0 Å². The zero-order valence-electron chi connectivity index (χ0n) is 12.7. The first kappa shape index (κ1) is 17.4. The molecule has 0 spiro atoms. The van der Waals surface area contributed by atoms with Crippen LogP contribution in [0.5, 0.6) is 0 Å². The molecule has 0 fully saturated rings. The molecule has 2 aromatic carbocycles. The molecule has 0 aromatic heterocycles. The molecule has 0 bridgehead atoms. The minimum absolute atomic E-state index is 0.0165. The summed E-state index contributed by atoms with van der Waals surface area (Å²) in [5, 5.41) is 16.0. The molecule has 8 heteroatoms. The van der Waals surface area contributed by atoms with Gasteiger partial charge < -0.3 is 10.6 Å². The molecule has 0 aliphatic carbocycles. The lowest BCUT2D eigenvalue weighted by atomic mass is 10.2. The quantitative estimate of drug-likeness (QED) is 0.633. The Hall–Kier alpha value is -2.93. The average molecular weight is 348 g/mol. The summed E-state index contributed by atoms with van der Waals surface area (Å²) in [4.78, 5) is 33.7. The summed E-state index contributed by atoms with van der Waals surface area (Å²) in [5.74, 6) is -0.647. The SMILES string of the molecule is CCC(=O)Nc1cccc(NC(=O)c2ccc([N+](=O)[O-])cc2Cl)c1. The highest BCUT2D eigenvalue weighted by Gasteiger charge is 2.15. The molecular weight excluding hydrogens is 334 g/mol. The number of anilines is 2. The van der Waals surface area contributed by atoms with E-state index in [9.17, 15) is 19.7 Å². The van der Waals surface area contributed by atoms with Crippen LogP contribution >= 0.6 is 11.6 Å². The number of hydrogen-bond donors (Lipinski definition) is 2. The molecule has 0 radical (unpaired) electrons. The van der Waals surface area contributed by atoms with Crippen molar-refractivity contribution in [3.05, 3.63) is 63.2 Å². The number of carbonyl (C=O) groups is 2. The molecule has 0 heterocycles. The maximum atomic E-state index is 12.3. The van der Waals surface area contributed by atoms with Crippen LogP contribution in [-0.4, -0.2) is 16.7 Å². The van der Waals surface area contributed by atoms with Crippen molar-refractivity contribution in [3.8, 4) is 0 Å². The second kappa shape index (κ2) is 7.56. The van der Waals surface area contributed by atoms with Crippen molar-refractivity contribution in [2.45, 2.75) is 13.3 Å². The van der Waals surface area contributed by atoms with Crippen LogP contribution in [0.25, 0.3) is 0 Å². The van der Waals surface area contributed by atoms with Gasteiger partial charge in [0.25, 0.3) is 11.6 Å². The fourth-order valence-corrected chi connectivity index (χ4v) is 2.18. The smallest absolute Gasteiger partial charge is 0.270 e. The summed E-state index contributed by atoms with van der Waals surface area (Å²) in [5.41, 5.74) is 0.934. The van der Waals surface area contributed by atoms with E-state index < -0.39 is 10.8 Å². The van der Waals surface area contributed by atoms with Gasteiger partial charge in [-0.25, -0.2) is 0 Å². The van der Waals surface area contributed by atoms with Crippen LogP contribution in [0, 0.1) is 10.1 Å². The Balaban J connectivity index is 2.16. The molecular formula is C16H14ClN3O4. The molecule has 124 valence electrons. The van der Waals surface area contributed by atoms with Crippen molar-refractivity contribution < 1.29 is 14.5 Å². The van der Waals surface area contributed by atoms with Crippen LogP contribution in [-0.2, 0) is 4.79 Å². The summed E-state index contributed by atoms with van der Waals surface area (Å²) in [6.45, 7) is 1.73. The summed E-state index contributed by atoms with van der Waals surface area (Å²) in [7, 11) is 0. The third-order valence-electron chi connectivity index (χ3n) is 3.13. The average Bonchev–Trinajstić information content (AvgIpc) is 2.54. The fraction of sp³-hybridized carbons (Fsp3) is 0.125. The molecule has 0 saturated heterocycles. The van der Waals surface area contributed by atoms with Gasteiger partial charge in [0.05, 0.1) is 15.5 Å². The second-order valence-electron chi connectivity index (χ2n) is 4.86. The Morgan fingerprint density at radius 3 is 2.38 bits per heavy atom. The third kappa shape index (κ3) is 4.30.